The highest BCUT2D eigenvalue weighted by atomic mass is 16.5. The summed E-state index contributed by atoms with van der Waals surface area (Å²) >= 11 is 0. The summed E-state index contributed by atoms with van der Waals surface area (Å²) in [6.45, 7) is 7.47. The highest BCUT2D eigenvalue weighted by Crippen LogP contribution is 2.35. The van der Waals surface area contributed by atoms with Crippen LogP contribution >= 0.6 is 0 Å². The number of aliphatic hydroxyl groups excluding tert-OH is 1. The minimum atomic E-state index is -0.827. The zero-order valence-electron chi connectivity index (χ0n) is 22.6. The Morgan fingerprint density at radius 1 is 1.00 bits per heavy atom. The van der Waals surface area contributed by atoms with Crippen LogP contribution in [0, 0.1) is 0 Å². The molecule has 3 aromatic rings. The maximum atomic E-state index is 12.8. The van der Waals surface area contributed by atoms with E-state index < -0.39 is 23.2 Å². The molecule has 0 spiro atoms. The van der Waals surface area contributed by atoms with Crippen molar-refractivity contribution in [1.82, 2.24) is 4.90 Å². The summed E-state index contributed by atoms with van der Waals surface area (Å²) in [6, 6.07) is 24.0. The fourth-order valence-electron chi connectivity index (χ4n) is 5.33. The van der Waals surface area contributed by atoms with Crippen molar-refractivity contribution in [2.24, 2.45) is 5.73 Å². The average molecular weight is 517 g/mol. The van der Waals surface area contributed by atoms with E-state index in [9.17, 15) is 15.0 Å². The number of likely N-dealkylation sites (tertiary alicyclic amines) is 1. The molecule has 0 saturated carbocycles. The number of nitrogens with two attached hydrogens (primary N) is 1. The normalized spacial score (nSPS) is 17.5. The lowest BCUT2D eigenvalue weighted by molar-refractivity contribution is -0.0501. The van der Waals surface area contributed by atoms with Crippen LogP contribution in [0.15, 0.2) is 78.9 Å². The molecule has 6 heteroatoms. The third kappa shape index (κ3) is 6.00. The summed E-state index contributed by atoms with van der Waals surface area (Å²) in [5.41, 5.74) is 8.29. The molecule has 1 aliphatic rings. The van der Waals surface area contributed by atoms with Crippen molar-refractivity contribution in [2.45, 2.75) is 69.7 Å². The van der Waals surface area contributed by atoms with Crippen LogP contribution in [-0.4, -0.2) is 40.2 Å². The predicted molar refractivity (Wildman–Crippen MR) is 150 cm³/mol. The van der Waals surface area contributed by atoms with Gasteiger partial charge in [-0.25, -0.2) is 4.79 Å². The van der Waals surface area contributed by atoms with Gasteiger partial charge in [-0.2, -0.15) is 0 Å². The lowest BCUT2D eigenvalue weighted by Gasteiger charge is -2.42. The Morgan fingerprint density at radius 2 is 1.63 bits per heavy atom. The minimum absolute atomic E-state index is 0.125. The van der Waals surface area contributed by atoms with Gasteiger partial charge in [0, 0.05) is 24.7 Å². The van der Waals surface area contributed by atoms with Gasteiger partial charge < -0.3 is 20.7 Å². The molecule has 6 nitrogen and oxygen atoms in total. The van der Waals surface area contributed by atoms with E-state index in [0.29, 0.717) is 37.2 Å². The average Bonchev–Trinajstić information content (AvgIpc) is 2.97. The number of benzene rings is 3. The lowest BCUT2D eigenvalue weighted by Crippen LogP contribution is -2.47. The third-order valence-corrected chi connectivity index (χ3v) is 8.34. The highest BCUT2D eigenvalue weighted by Gasteiger charge is 2.36. The summed E-state index contributed by atoms with van der Waals surface area (Å²) in [4.78, 5) is 15.0. The second-order valence-electron chi connectivity index (χ2n) is 10.5. The summed E-state index contributed by atoms with van der Waals surface area (Å²) < 4.78 is 5.61. The number of hydrogen-bond acceptors (Lipinski definition) is 6. The number of piperidine rings is 1. The van der Waals surface area contributed by atoms with E-state index in [4.69, 9.17) is 10.5 Å². The van der Waals surface area contributed by atoms with Crippen LogP contribution in [0.1, 0.15) is 79.6 Å². The van der Waals surface area contributed by atoms with Crippen molar-refractivity contribution in [2.75, 3.05) is 13.1 Å². The van der Waals surface area contributed by atoms with E-state index in [-0.39, 0.29) is 6.04 Å². The quantitative estimate of drug-likeness (QED) is 0.264. The Bertz CT molecular complexity index is 1200. The van der Waals surface area contributed by atoms with Crippen LogP contribution < -0.4 is 10.5 Å². The lowest BCUT2D eigenvalue weighted by atomic mass is 9.83. The van der Waals surface area contributed by atoms with Crippen molar-refractivity contribution < 1.29 is 19.7 Å². The number of nitrogens with zero attached hydrogens (tertiary/aromatic N) is 1. The molecule has 38 heavy (non-hydrogen) atoms. The van der Waals surface area contributed by atoms with Crippen molar-refractivity contribution in [3.05, 3.63) is 101 Å². The molecule has 4 N–H and O–H groups in total. The summed E-state index contributed by atoms with van der Waals surface area (Å²) in [5.74, 6) is -0.0257. The summed E-state index contributed by atoms with van der Waals surface area (Å²) in [6.07, 6.45) is 2.07. The number of esters is 1. The van der Waals surface area contributed by atoms with Gasteiger partial charge in [-0.3, -0.25) is 4.90 Å². The standard InChI is InChI=1S/C32H40N2O4/c1-4-31(33,5-2)27-13-9-10-25(22-27)30(36)38-28-16-14-24(15-17-28)29(35)23(3)34-20-18-32(37,19-21-34)26-11-7-6-8-12-26/h6-17,22-23,29,35,37H,4-5,18-21,33H2,1-3H3. The van der Waals surface area contributed by atoms with Crippen LogP contribution in [0.2, 0.25) is 0 Å². The fourth-order valence-corrected chi connectivity index (χ4v) is 5.33. The van der Waals surface area contributed by atoms with Gasteiger partial charge >= 0.3 is 5.97 Å². The molecule has 0 bridgehead atoms. The zero-order chi connectivity index (χ0) is 27.3. The van der Waals surface area contributed by atoms with Crippen LogP contribution in [0.5, 0.6) is 5.75 Å². The number of aliphatic hydroxyl groups is 2. The maximum absolute atomic E-state index is 12.8. The van der Waals surface area contributed by atoms with Gasteiger partial charge in [0.1, 0.15) is 5.75 Å². The molecule has 202 valence electrons. The highest BCUT2D eigenvalue weighted by molar-refractivity contribution is 5.91. The van der Waals surface area contributed by atoms with Crippen molar-refractivity contribution >= 4 is 5.97 Å². The van der Waals surface area contributed by atoms with Gasteiger partial charge in [0.15, 0.2) is 0 Å². The van der Waals surface area contributed by atoms with Gasteiger partial charge in [0.2, 0.25) is 0 Å². The monoisotopic (exact) mass is 516 g/mol. The molecule has 1 fully saturated rings. The van der Waals surface area contributed by atoms with E-state index >= 15 is 0 Å². The topological polar surface area (TPSA) is 96.0 Å². The second-order valence-corrected chi connectivity index (χ2v) is 10.5. The molecule has 2 atom stereocenters. The Morgan fingerprint density at radius 3 is 2.24 bits per heavy atom. The molecule has 4 rings (SSSR count). The molecule has 0 amide bonds. The maximum Gasteiger partial charge on any atom is 0.343 e. The van der Waals surface area contributed by atoms with Gasteiger partial charge in [-0.05, 0) is 73.6 Å². The van der Waals surface area contributed by atoms with E-state index in [1.807, 2.05) is 69.3 Å². The first-order chi connectivity index (χ1) is 18.2. The second kappa shape index (κ2) is 11.8. The van der Waals surface area contributed by atoms with Crippen LogP contribution in [0.3, 0.4) is 0 Å². The molecular formula is C32H40N2O4. The molecule has 0 aromatic heterocycles. The molecule has 0 aliphatic carbocycles. The summed E-state index contributed by atoms with van der Waals surface area (Å²) in [5, 5.41) is 22.2. The number of carbonyl (C=O) groups is 1. The SMILES string of the molecule is CCC(N)(CC)c1cccc(C(=O)Oc2ccc(C(O)C(C)N3CCC(O)(c4ccccc4)CC3)cc2)c1. The fraction of sp³-hybridized carbons (Fsp3) is 0.406. The first-order valence-electron chi connectivity index (χ1n) is 13.6. The number of ether oxygens (including phenoxy) is 1. The van der Waals surface area contributed by atoms with Crippen LogP contribution in [0.4, 0.5) is 0 Å². The van der Waals surface area contributed by atoms with Gasteiger partial charge in [0.05, 0.1) is 17.3 Å². The number of hydrogen-bond donors (Lipinski definition) is 3. The van der Waals surface area contributed by atoms with E-state index in [1.54, 1.807) is 30.3 Å². The third-order valence-electron chi connectivity index (χ3n) is 8.34. The Hall–Kier alpha value is -3.03. The number of carbonyl (C=O) groups excluding carboxylic acids is 1. The van der Waals surface area contributed by atoms with Crippen molar-refractivity contribution in [3.8, 4) is 5.75 Å². The predicted octanol–water partition coefficient (Wildman–Crippen LogP) is 5.29. The summed E-state index contributed by atoms with van der Waals surface area (Å²) in [7, 11) is 0. The van der Waals surface area contributed by atoms with E-state index in [2.05, 4.69) is 4.90 Å². The van der Waals surface area contributed by atoms with E-state index in [0.717, 1.165) is 29.5 Å². The van der Waals surface area contributed by atoms with Crippen molar-refractivity contribution in [3.63, 3.8) is 0 Å². The largest absolute Gasteiger partial charge is 0.423 e. The minimum Gasteiger partial charge on any atom is -0.423 e. The Kier molecular flexibility index (Phi) is 8.68. The molecule has 3 aromatic carbocycles. The Labute approximate surface area is 226 Å². The zero-order valence-corrected chi connectivity index (χ0v) is 22.6. The molecule has 0 radical (unpaired) electrons. The van der Waals surface area contributed by atoms with Crippen LogP contribution in [-0.2, 0) is 11.1 Å². The molecular weight excluding hydrogens is 476 g/mol. The first kappa shape index (κ1) is 28.0. The smallest absolute Gasteiger partial charge is 0.343 e. The van der Waals surface area contributed by atoms with Crippen molar-refractivity contribution in [1.29, 1.82) is 0 Å². The molecule has 1 heterocycles. The van der Waals surface area contributed by atoms with Gasteiger partial charge in [0.25, 0.3) is 0 Å². The Balaban J connectivity index is 1.36. The molecule has 1 aliphatic heterocycles. The first-order valence-corrected chi connectivity index (χ1v) is 13.6. The number of rotatable bonds is 9. The van der Waals surface area contributed by atoms with E-state index in [1.165, 1.54) is 0 Å². The van der Waals surface area contributed by atoms with Gasteiger partial charge in [-0.1, -0.05) is 68.4 Å². The van der Waals surface area contributed by atoms with Crippen LogP contribution in [0.25, 0.3) is 0 Å². The molecule has 2 unspecified atom stereocenters. The van der Waals surface area contributed by atoms with Gasteiger partial charge in [-0.15, -0.1) is 0 Å². The molecule has 1 saturated heterocycles.